The predicted octanol–water partition coefficient (Wildman–Crippen LogP) is 1.56. The first-order chi connectivity index (χ1) is 7.79. The summed E-state index contributed by atoms with van der Waals surface area (Å²) in [6, 6.07) is 7.16. The maximum Gasteiger partial charge on any atom is 0.115 e. The molecule has 0 aromatic heterocycles. The van der Waals surface area contributed by atoms with Crippen molar-refractivity contribution in [1.29, 1.82) is 0 Å². The molecule has 1 aromatic carbocycles. The van der Waals surface area contributed by atoms with Gasteiger partial charge in [0.1, 0.15) is 5.75 Å². The van der Waals surface area contributed by atoms with Crippen LogP contribution in [-0.4, -0.2) is 41.4 Å². The van der Waals surface area contributed by atoms with Crippen LogP contribution < -0.4 is 0 Å². The first-order valence-corrected chi connectivity index (χ1v) is 5.92. The molecule has 16 heavy (non-hydrogen) atoms. The molecule has 0 amide bonds. The minimum Gasteiger partial charge on any atom is -0.508 e. The molecule has 3 nitrogen and oxygen atoms in total. The predicted molar refractivity (Wildman–Crippen MR) is 63.6 cm³/mol. The molecule has 0 bridgehead atoms. The molecule has 88 valence electrons. The van der Waals surface area contributed by atoms with Crippen LogP contribution in [0.3, 0.4) is 0 Å². The number of aliphatic hydroxyl groups is 1. The summed E-state index contributed by atoms with van der Waals surface area (Å²) in [5.74, 6) is 0.445. The molecule has 1 unspecified atom stereocenters. The second-order valence-electron chi connectivity index (χ2n) is 4.48. The number of rotatable bonds is 4. The zero-order chi connectivity index (χ0) is 11.4. The summed E-state index contributed by atoms with van der Waals surface area (Å²) < 4.78 is 0. The molecular weight excluding hydrogens is 202 g/mol. The summed E-state index contributed by atoms with van der Waals surface area (Å²) in [5.41, 5.74) is 1.10. The van der Waals surface area contributed by atoms with Crippen LogP contribution in [0.15, 0.2) is 24.3 Å². The van der Waals surface area contributed by atoms with Gasteiger partial charge in [-0.05, 0) is 43.6 Å². The lowest BCUT2D eigenvalue weighted by molar-refractivity contribution is 0.220. The van der Waals surface area contributed by atoms with Crippen LogP contribution in [0, 0.1) is 0 Å². The summed E-state index contributed by atoms with van der Waals surface area (Å²) in [5, 5.41) is 18.6. The first kappa shape index (κ1) is 11.4. The minimum absolute atomic E-state index is 0.165. The molecule has 0 radical (unpaired) electrons. The Kier molecular flexibility index (Phi) is 3.80. The third-order valence-electron chi connectivity index (χ3n) is 3.26. The van der Waals surface area contributed by atoms with Gasteiger partial charge in [0, 0.05) is 12.5 Å². The number of nitrogens with zero attached hydrogens (tertiary/aromatic N) is 1. The maximum atomic E-state index is 9.42. The Morgan fingerprint density at radius 1 is 1.12 bits per heavy atom. The van der Waals surface area contributed by atoms with E-state index in [1.165, 1.54) is 12.8 Å². The Labute approximate surface area is 96.3 Å². The SMILES string of the molecule is OCC(CN1CCCC1)c1ccc(O)cc1. The van der Waals surface area contributed by atoms with Crippen molar-refractivity contribution in [2.45, 2.75) is 18.8 Å². The van der Waals surface area contributed by atoms with Gasteiger partial charge in [-0.25, -0.2) is 0 Å². The zero-order valence-electron chi connectivity index (χ0n) is 9.47. The Bertz CT molecular complexity index is 317. The number of hydrogen-bond donors (Lipinski definition) is 2. The van der Waals surface area contributed by atoms with Crippen LogP contribution in [0.2, 0.25) is 0 Å². The van der Waals surface area contributed by atoms with Crippen LogP contribution in [0.25, 0.3) is 0 Å². The Balaban J connectivity index is 2.00. The van der Waals surface area contributed by atoms with Crippen LogP contribution in [0.1, 0.15) is 24.3 Å². The van der Waals surface area contributed by atoms with Crippen molar-refractivity contribution in [3.8, 4) is 5.75 Å². The molecule has 3 heteroatoms. The molecular formula is C13H19NO2. The fourth-order valence-electron chi connectivity index (χ4n) is 2.29. The summed E-state index contributed by atoms with van der Waals surface area (Å²) in [4.78, 5) is 2.40. The van der Waals surface area contributed by atoms with E-state index in [0.29, 0.717) is 0 Å². The highest BCUT2D eigenvalue weighted by Gasteiger charge is 2.18. The van der Waals surface area contributed by atoms with Crippen LogP contribution in [0.5, 0.6) is 5.75 Å². The summed E-state index contributed by atoms with van der Waals surface area (Å²) in [6.45, 7) is 3.38. The molecule has 0 aliphatic carbocycles. The zero-order valence-corrected chi connectivity index (χ0v) is 9.47. The molecule has 2 rings (SSSR count). The second-order valence-corrected chi connectivity index (χ2v) is 4.48. The van der Waals surface area contributed by atoms with E-state index in [1.54, 1.807) is 12.1 Å². The fraction of sp³-hybridized carbons (Fsp3) is 0.538. The van der Waals surface area contributed by atoms with E-state index in [-0.39, 0.29) is 18.3 Å². The topological polar surface area (TPSA) is 43.7 Å². The van der Waals surface area contributed by atoms with Gasteiger partial charge in [-0.2, -0.15) is 0 Å². The number of phenolic OH excluding ortho intramolecular Hbond substituents is 1. The van der Waals surface area contributed by atoms with Crippen molar-refractivity contribution >= 4 is 0 Å². The molecule has 0 spiro atoms. The highest BCUT2D eigenvalue weighted by molar-refractivity contribution is 5.28. The number of aromatic hydroxyl groups is 1. The van der Waals surface area contributed by atoms with E-state index in [2.05, 4.69) is 4.90 Å². The van der Waals surface area contributed by atoms with Gasteiger partial charge in [0.25, 0.3) is 0 Å². The van der Waals surface area contributed by atoms with E-state index >= 15 is 0 Å². The van der Waals surface area contributed by atoms with Crippen LogP contribution >= 0.6 is 0 Å². The average Bonchev–Trinajstić information content (AvgIpc) is 2.80. The maximum absolute atomic E-state index is 9.42. The number of aliphatic hydroxyl groups excluding tert-OH is 1. The van der Waals surface area contributed by atoms with Crippen molar-refractivity contribution in [2.24, 2.45) is 0 Å². The molecule has 1 aliphatic rings. The number of hydrogen-bond acceptors (Lipinski definition) is 3. The van der Waals surface area contributed by atoms with E-state index in [9.17, 15) is 10.2 Å². The second kappa shape index (κ2) is 5.32. The molecule has 1 atom stereocenters. The smallest absolute Gasteiger partial charge is 0.115 e. The monoisotopic (exact) mass is 221 g/mol. The molecule has 1 saturated heterocycles. The van der Waals surface area contributed by atoms with E-state index in [4.69, 9.17) is 0 Å². The number of likely N-dealkylation sites (tertiary alicyclic amines) is 1. The summed E-state index contributed by atoms with van der Waals surface area (Å²) in [6.07, 6.45) is 2.54. The van der Waals surface area contributed by atoms with Gasteiger partial charge in [-0.1, -0.05) is 12.1 Å². The first-order valence-electron chi connectivity index (χ1n) is 5.92. The van der Waals surface area contributed by atoms with Gasteiger partial charge in [0.05, 0.1) is 6.61 Å². The summed E-state index contributed by atoms with van der Waals surface area (Å²) >= 11 is 0. The van der Waals surface area contributed by atoms with Crippen molar-refractivity contribution in [1.82, 2.24) is 4.90 Å². The van der Waals surface area contributed by atoms with Gasteiger partial charge in [0.2, 0.25) is 0 Å². The van der Waals surface area contributed by atoms with E-state index in [0.717, 1.165) is 25.2 Å². The lowest BCUT2D eigenvalue weighted by Gasteiger charge is -2.22. The number of benzene rings is 1. The largest absolute Gasteiger partial charge is 0.508 e. The van der Waals surface area contributed by atoms with Gasteiger partial charge >= 0.3 is 0 Å². The standard InChI is InChI=1S/C13H19NO2/c15-10-12(9-14-7-1-2-8-14)11-3-5-13(16)6-4-11/h3-6,12,15-16H,1-2,7-10H2. The highest BCUT2D eigenvalue weighted by atomic mass is 16.3. The van der Waals surface area contributed by atoms with Crippen molar-refractivity contribution < 1.29 is 10.2 Å². The Morgan fingerprint density at radius 3 is 2.31 bits per heavy atom. The average molecular weight is 221 g/mol. The molecule has 1 aliphatic heterocycles. The molecule has 0 saturated carbocycles. The Morgan fingerprint density at radius 2 is 1.75 bits per heavy atom. The van der Waals surface area contributed by atoms with Crippen molar-refractivity contribution in [3.63, 3.8) is 0 Å². The molecule has 1 fully saturated rings. The Hall–Kier alpha value is -1.06. The normalized spacial score (nSPS) is 18.8. The quantitative estimate of drug-likeness (QED) is 0.811. The third-order valence-corrected chi connectivity index (χ3v) is 3.26. The van der Waals surface area contributed by atoms with Gasteiger partial charge in [-0.15, -0.1) is 0 Å². The van der Waals surface area contributed by atoms with Crippen LogP contribution in [0.4, 0.5) is 0 Å². The molecule has 2 N–H and O–H groups in total. The molecule has 1 aromatic rings. The van der Waals surface area contributed by atoms with Crippen molar-refractivity contribution in [3.05, 3.63) is 29.8 Å². The highest BCUT2D eigenvalue weighted by Crippen LogP contribution is 2.21. The van der Waals surface area contributed by atoms with Gasteiger partial charge in [0.15, 0.2) is 0 Å². The van der Waals surface area contributed by atoms with E-state index in [1.807, 2.05) is 12.1 Å². The van der Waals surface area contributed by atoms with Crippen LogP contribution in [-0.2, 0) is 0 Å². The minimum atomic E-state index is 0.165. The third kappa shape index (κ3) is 2.74. The lowest BCUT2D eigenvalue weighted by atomic mass is 9.99. The lowest BCUT2D eigenvalue weighted by Crippen LogP contribution is -2.27. The van der Waals surface area contributed by atoms with E-state index < -0.39 is 0 Å². The fourth-order valence-corrected chi connectivity index (χ4v) is 2.29. The summed E-state index contributed by atoms with van der Waals surface area (Å²) in [7, 11) is 0. The number of phenols is 1. The van der Waals surface area contributed by atoms with Crippen molar-refractivity contribution in [2.75, 3.05) is 26.2 Å². The van der Waals surface area contributed by atoms with Gasteiger partial charge in [-0.3, -0.25) is 0 Å². The molecule has 1 heterocycles. The van der Waals surface area contributed by atoms with Gasteiger partial charge < -0.3 is 15.1 Å².